The number of aliphatic imine (C=N–C) groups is 1. The van der Waals surface area contributed by atoms with Gasteiger partial charge in [-0.3, -0.25) is 4.99 Å². The second-order valence-electron chi connectivity index (χ2n) is 7.43. The highest BCUT2D eigenvalue weighted by Crippen LogP contribution is 2.14. The van der Waals surface area contributed by atoms with Gasteiger partial charge in [-0.05, 0) is 77.4 Å². The van der Waals surface area contributed by atoms with Crippen molar-refractivity contribution in [1.29, 1.82) is 0 Å². The number of nitrogens with one attached hydrogen (secondary N) is 2. The van der Waals surface area contributed by atoms with Crippen LogP contribution in [0.3, 0.4) is 0 Å². The van der Waals surface area contributed by atoms with Crippen LogP contribution in [0, 0.1) is 5.92 Å². The molecule has 2 aliphatic heterocycles. The van der Waals surface area contributed by atoms with Crippen LogP contribution in [-0.2, 0) is 9.47 Å². The van der Waals surface area contributed by atoms with Crippen molar-refractivity contribution in [1.82, 2.24) is 15.5 Å². The van der Waals surface area contributed by atoms with Crippen LogP contribution < -0.4 is 10.6 Å². The second kappa shape index (κ2) is 16.8. The van der Waals surface area contributed by atoms with E-state index in [0.29, 0.717) is 5.92 Å². The molecule has 0 aromatic heterocycles. The van der Waals surface area contributed by atoms with Gasteiger partial charge < -0.3 is 25.0 Å². The summed E-state index contributed by atoms with van der Waals surface area (Å²) in [6.07, 6.45) is 8.51. The lowest BCUT2D eigenvalue weighted by Gasteiger charge is -2.21. The Morgan fingerprint density at radius 1 is 1.11 bits per heavy atom. The van der Waals surface area contributed by atoms with E-state index in [4.69, 9.17) is 9.47 Å². The zero-order chi connectivity index (χ0) is 18.3. The van der Waals surface area contributed by atoms with Crippen molar-refractivity contribution in [3.63, 3.8) is 0 Å². The molecule has 27 heavy (non-hydrogen) atoms. The Hall–Kier alpha value is -0.120. The molecule has 2 fully saturated rings. The molecule has 0 aromatic carbocycles. The van der Waals surface area contributed by atoms with Gasteiger partial charge in [0.15, 0.2) is 5.96 Å². The van der Waals surface area contributed by atoms with E-state index >= 15 is 0 Å². The number of rotatable bonds is 12. The molecule has 2 saturated heterocycles. The quantitative estimate of drug-likeness (QED) is 0.188. The van der Waals surface area contributed by atoms with E-state index in [-0.39, 0.29) is 24.0 Å². The standard InChI is InChI=1S/C20H40N4O2.HI/c1-2-21-20(22-10-3-4-12-24-13-5-6-14-24)23-11-7-15-26-18-19-8-16-25-17-9-19;/h19H,2-18H2,1H3,(H2,21,22,23);1H. The van der Waals surface area contributed by atoms with Crippen molar-refractivity contribution in [2.24, 2.45) is 10.9 Å². The minimum atomic E-state index is 0. The lowest BCUT2D eigenvalue weighted by Crippen LogP contribution is -2.38. The van der Waals surface area contributed by atoms with Crippen LogP contribution in [0.4, 0.5) is 0 Å². The molecule has 0 aromatic rings. The maximum absolute atomic E-state index is 5.81. The number of ether oxygens (including phenoxy) is 2. The van der Waals surface area contributed by atoms with Crippen molar-refractivity contribution in [2.45, 2.75) is 51.9 Å². The van der Waals surface area contributed by atoms with Gasteiger partial charge in [0.2, 0.25) is 0 Å². The van der Waals surface area contributed by atoms with Crippen molar-refractivity contribution in [2.75, 3.05) is 65.7 Å². The number of unbranched alkanes of at least 4 members (excludes halogenated alkanes) is 1. The van der Waals surface area contributed by atoms with Gasteiger partial charge in [0.25, 0.3) is 0 Å². The van der Waals surface area contributed by atoms with E-state index in [9.17, 15) is 0 Å². The molecule has 0 atom stereocenters. The monoisotopic (exact) mass is 496 g/mol. The number of hydrogen-bond donors (Lipinski definition) is 2. The summed E-state index contributed by atoms with van der Waals surface area (Å²) in [6.45, 7) is 12.2. The van der Waals surface area contributed by atoms with Crippen molar-refractivity contribution < 1.29 is 9.47 Å². The van der Waals surface area contributed by atoms with Gasteiger partial charge in [-0.2, -0.15) is 0 Å². The van der Waals surface area contributed by atoms with Gasteiger partial charge in [0.05, 0.1) is 0 Å². The van der Waals surface area contributed by atoms with Crippen LogP contribution in [0.1, 0.15) is 51.9 Å². The molecule has 2 rings (SSSR count). The first-order valence-corrected chi connectivity index (χ1v) is 10.8. The van der Waals surface area contributed by atoms with Crippen molar-refractivity contribution >= 4 is 29.9 Å². The summed E-state index contributed by atoms with van der Waals surface area (Å²) in [6, 6.07) is 0. The van der Waals surface area contributed by atoms with Crippen molar-refractivity contribution in [3.05, 3.63) is 0 Å². The Morgan fingerprint density at radius 2 is 1.89 bits per heavy atom. The van der Waals surface area contributed by atoms with E-state index in [1.807, 2.05) is 0 Å². The number of guanidine groups is 1. The Balaban J connectivity index is 0.00000364. The highest BCUT2D eigenvalue weighted by atomic mass is 127. The molecule has 2 aliphatic rings. The molecule has 0 bridgehead atoms. The first kappa shape index (κ1) is 24.9. The molecule has 6 nitrogen and oxygen atoms in total. The molecule has 0 spiro atoms. The molecule has 0 unspecified atom stereocenters. The molecule has 0 aliphatic carbocycles. The minimum absolute atomic E-state index is 0. The molecule has 0 radical (unpaired) electrons. The van der Waals surface area contributed by atoms with E-state index in [1.165, 1.54) is 45.3 Å². The summed E-state index contributed by atoms with van der Waals surface area (Å²) >= 11 is 0. The lowest BCUT2D eigenvalue weighted by atomic mass is 10.0. The Kier molecular flexibility index (Phi) is 15.5. The summed E-state index contributed by atoms with van der Waals surface area (Å²) in [7, 11) is 0. The molecule has 0 amide bonds. The third-order valence-electron chi connectivity index (χ3n) is 5.15. The van der Waals surface area contributed by atoms with E-state index < -0.39 is 0 Å². The minimum Gasteiger partial charge on any atom is -0.381 e. The maximum Gasteiger partial charge on any atom is 0.191 e. The van der Waals surface area contributed by atoms with Gasteiger partial charge in [-0.15, -0.1) is 24.0 Å². The largest absolute Gasteiger partial charge is 0.381 e. The summed E-state index contributed by atoms with van der Waals surface area (Å²) < 4.78 is 11.2. The van der Waals surface area contributed by atoms with Gasteiger partial charge in [0.1, 0.15) is 0 Å². The predicted octanol–water partition coefficient (Wildman–Crippen LogP) is 2.87. The number of halogens is 1. The molecular weight excluding hydrogens is 455 g/mol. The van der Waals surface area contributed by atoms with Gasteiger partial charge >= 0.3 is 0 Å². The zero-order valence-corrected chi connectivity index (χ0v) is 19.5. The van der Waals surface area contributed by atoms with Crippen LogP contribution in [-0.4, -0.2) is 76.6 Å². The summed E-state index contributed by atoms with van der Waals surface area (Å²) in [4.78, 5) is 7.24. The molecule has 2 N–H and O–H groups in total. The fraction of sp³-hybridized carbons (Fsp3) is 0.950. The number of hydrogen-bond acceptors (Lipinski definition) is 4. The van der Waals surface area contributed by atoms with Crippen LogP contribution in [0.25, 0.3) is 0 Å². The highest BCUT2D eigenvalue weighted by molar-refractivity contribution is 14.0. The SMILES string of the molecule is CCNC(=NCCCOCC1CCOCC1)NCCCCN1CCCC1.I. The summed E-state index contributed by atoms with van der Waals surface area (Å²) in [5, 5.41) is 6.79. The number of nitrogens with zero attached hydrogens (tertiary/aromatic N) is 2. The topological polar surface area (TPSA) is 58.1 Å². The third-order valence-corrected chi connectivity index (χ3v) is 5.15. The fourth-order valence-electron chi connectivity index (χ4n) is 3.54. The number of likely N-dealkylation sites (tertiary alicyclic amines) is 1. The zero-order valence-electron chi connectivity index (χ0n) is 17.2. The second-order valence-corrected chi connectivity index (χ2v) is 7.43. The van der Waals surface area contributed by atoms with Crippen LogP contribution in [0.2, 0.25) is 0 Å². The van der Waals surface area contributed by atoms with Crippen molar-refractivity contribution in [3.8, 4) is 0 Å². The van der Waals surface area contributed by atoms with Gasteiger partial charge in [-0.1, -0.05) is 0 Å². The Labute approximate surface area is 183 Å². The summed E-state index contributed by atoms with van der Waals surface area (Å²) in [5.41, 5.74) is 0. The maximum atomic E-state index is 5.81. The first-order chi connectivity index (χ1) is 12.9. The van der Waals surface area contributed by atoms with E-state index in [2.05, 4.69) is 27.4 Å². The molecule has 2 heterocycles. The first-order valence-electron chi connectivity index (χ1n) is 10.8. The third kappa shape index (κ3) is 12.1. The average molecular weight is 496 g/mol. The predicted molar refractivity (Wildman–Crippen MR) is 123 cm³/mol. The summed E-state index contributed by atoms with van der Waals surface area (Å²) in [5.74, 6) is 1.63. The fourth-order valence-corrected chi connectivity index (χ4v) is 3.54. The smallest absolute Gasteiger partial charge is 0.191 e. The van der Waals surface area contributed by atoms with Crippen LogP contribution >= 0.6 is 24.0 Å². The van der Waals surface area contributed by atoms with Crippen LogP contribution in [0.15, 0.2) is 4.99 Å². The molecular formula is C20H41IN4O2. The van der Waals surface area contributed by atoms with Gasteiger partial charge in [0, 0.05) is 46.1 Å². The normalized spacial score (nSPS) is 19.1. The van der Waals surface area contributed by atoms with E-state index in [0.717, 1.165) is 71.3 Å². The average Bonchev–Trinajstić information content (AvgIpc) is 3.18. The highest BCUT2D eigenvalue weighted by Gasteiger charge is 2.13. The molecule has 0 saturated carbocycles. The Morgan fingerprint density at radius 3 is 2.63 bits per heavy atom. The Bertz CT molecular complexity index is 373. The van der Waals surface area contributed by atoms with Crippen LogP contribution in [0.5, 0.6) is 0 Å². The molecule has 160 valence electrons. The van der Waals surface area contributed by atoms with E-state index in [1.54, 1.807) is 0 Å². The van der Waals surface area contributed by atoms with Gasteiger partial charge in [-0.25, -0.2) is 0 Å². The lowest BCUT2D eigenvalue weighted by molar-refractivity contribution is 0.0205. The molecule has 7 heteroatoms.